The highest BCUT2D eigenvalue weighted by Gasteiger charge is 2.33. The Labute approximate surface area is 249 Å². The minimum Gasteiger partial charge on any atom is -0.493 e. The maximum Gasteiger partial charge on any atom is 0.416 e. The third-order valence-corrected chi connectivity index (χ3v) is 9.01. The number of halogens is 3. The number of alkyl halides is 3. The fourth-order valence-corrected chi connectivity index (χ4v) is 6.59. The van der Waals surface area contributed by atoms with Gasteiger partial charge in [-0.3, -0.25) is 4.79 Å². The lowest BCUT2D eigenvalue weighted by Crippen LogP contribution is -2.36. The predicted octanol–water partition coefficient (Wildman–Crippen LogP) is 5.02. The van der Waals surface area contributed by atoms with E-state index < -0.39 is 38.6 Å². The molecule has 3 aromatic carbocycles. The molecule has 2 aliphatic heterocycles. The van der Waals surface area contributed by atoms with Crippen LogP contribution >= 0.6 is 0 Å². The molecule has 1 fully saturated rings. The summed E-state index contributed by atoms with van der Waals surface area (Å²) in [6.07, 6.45) is -2.06. The van der Waals surface area contributed by atoms with E-state index in [1.165, 1.54) is 0 Å². The largest absolute Gasteiger partial charge is 0.493 e. The van der Waals surface area contributed by atoms with Crippen molar-refractivity contribution in [3.63, 3.8) is 0 Å². The van der Waals surface area contributed by atoms with E-state index in [4.69, 9.17) is 9.47 Å². The van der Waals surface area contributed by atoms with E-state index in [1.54, 1.807) is 30.3 Å². The summed E-state index contributed by atoms with van der Waals surface area (Å²) in [6.45, 7) is 2.63. The Morgan fingerprint density at radius 2 is 1.79 bits per heavy atom. The molecule has 0 saturated carbocycles. The molecule has 43 heavy (non-hydrogen) atoms. The van der Waals surface area contributed by atoms with Gasteiger partial charge >= 0.3 is 6.18 Å². The van der Waals surface area contributed by atoms with Crippen molar-refractivity contribution >= 4 is 15.9 Å². The zero-order valence-corrected chi connectivity index (χ0v) is 24.2. The topological polar surface area (TPSA) is 106 Å². The molecule has 8 nitrogen and oxygen atoms in total. The molecular weight excluding hydrogens is 583 g/mol. The van der Waals surface area contributed by atoms with E-state index in [0.29, 0.717) is 37.0 Å². The van der Waals surface area contributed by atoms with Gasteiger partial charge in [0.05, 0.1) is 35.3 Å². The van der Waals surface area contributed by atoms with Crippen molar-refractivity contribution in [2.45, 2.75) is 61.5 Å². The highest BCUT2D eigenvalue weighted by molar-refractivity contribution is 7.89. The van der Waals surface area contributed by atoms with Gasteiger partial charge in [-0.05, 0) is 48.2 Å². The summed E-state index contributed by atoms with van der Waals surface area (Å²) in [5.41, 5.74) is 1.28. The molecule has 3 N–H and O–H groups in total. The number of hydrogen-bond acceptors (Lipinski definition) is 6. The monoisotopic (exact) mass is 617 g/mol. The summed E-state index contributed by atoms with van der Waals surface area (Å²) < 4.78 is 80.0. The van der Waals surface area contributed by atoms with Crippen LogP contribution in [0.5, 0.6) is 5.75 Å². The fourth-order valence-electron chi connectivity index (χ4n) is 5.32. The number of carbonyl (C=O) groups excluding carboxylic acids is 1. The van der Waals surface area contributed by atoms with Crippen LogP contribution in [0, 0.1) is 0 Å². The lowest BCUT2D eigenvalue weighted by molar-refractivity contribution is -0.137. The van der Waals surface area contributed by atoms with Crippen LogP contribution in [-0.4, -0.2) is 40.2 Å². The molecule has 0 spiro atoms. The number of ether oxygens (including phenoxy) is 2. The summed E-state index contributed by atoms with van der Waals surface area (Å²) in [4.78, 5) is 12.8. The summed E-state index contributed by atoms with van der Waals surface area (Å²) in [7, 11) is -4.40. The quantitative estimate of drug-likeness (QED) is 0.279. The molecule has 3 aromatic rings. The van der Waals surface area contributed by atoms with Gasteiger partial charge in [0.25, 0.3) is 0 Å². The standard InChI is InChI=1S/C31H34F3N3O5S/c32-31(33,34)23-8-4-10-25(17-23)43(39,40)37-28(22-6-2-1-3-7-22)18-30(38)36-27-13-15-42-29-16-21(11-12-26(27)29)19-35-20-24-9-5-14-41-24/h1-4,6-8,10-12,16-17,24,27-28,35,37H,5,9,13-15,18-20H2,(H,36,38)/t24?,27-,28-/m1/s1. The molecule has 0 bridgehead atoms. The molecule has 1 unspecified atom stereocenters. The number of hydrogen-bond donors (Lipinski definition) is 3. The predicted molar refractivity (Wildman–Crippen MR) is 154 cm³/mol. The van der Waals surface area contributed by atoms with Gasteiger partial charge in [0.15, 0.2) is 0 Å². The lowest BCUT2D eigenvalue weighted by Gasteiger charge is -2.28. The summed E-state index contributed by atoms with van der Waals surface area (Å²) in [6, 6.07) is 16.4. The number of fused-ring (bicyclic) bond motifs is 1. The van der Waals surface area contributed by atoms with Crippen LogP contribution in [0.2, 0.25) is 0 Å². The number of sulfonamides is 1. The van der Waals surface area contributed by atoms with E-state index in [-0.39, 0.29) is 18.6 Å². The Balaban J connectivity index is 1.26. The number of nitrogens with one attached hydrogen (secondary N) is 3. The molecule has 3 atom stereocenters. The van der Waals surface area contributed by atoms with Crippen molar-refractivity contribution in [2.75, 3.05) is 19.8 Å². The van der Waals surface area contributed by atoms with Crippen LogP contribution in [0.1, 0.15) is 60.0 Å². The van der Waals surface area contributed by atoms with Crippen molar-refractivity contribution in [3.8, 4) is 5.75 Å². The number of benzene rings is 3. The highest BCUT2D eigenvalue weighted by Crippen LogP contribution is 2.34. The molecule has 0 radical (unpaired) electrons. The Kier molecular flexibility index (Phi) is 9.70. The third-order valence-electron chi connectivity index (χ3n) is 7.54. The first kappa shape index (κ1) is 31.0. The maximum absolute atomic E-state index is 13.3. The van der Waals surface area contributed by atoms with E-state index in [1.807, 2.05) is 18.2 Å². The molecule has 1 amide bonds. The average molecular weight is 618 g/mol. The summed E-state index contributed by atoms with van der Waals surface area (Å²) in [5.74, 6) is 0.263. The van der Waals surface area contributed by atoms with Crippen LogP contribution in [0.3, 0.4) is 0 Å². The zero-order valence-electron chi connectivity index (χ0n) is 23.4. The van der Waals surface area contributed by atoms with Crippen LogP contribution < -0.4 is 20.1 Å². The van der Waals surface area contributed by atoms with Gasteiger partial charge < -0.3 is 20.1 Å². The molecule has 0 aliphatic carbocycles. The summed E-state index contributed by atoms with van der Waals surface area (Å²) >= 11 is 0. The first-order valence-electron chi connectivity index (χ1n) is 14.2. The van der Waals surface area contributed by atoms with Gasteiger partial charge in [-0.2, -0.15) is 13.2 Å². The van der Waals surface area contributed by atoms with Crippen molar-refractivity contribution < 1.29 is 35.9 Å². The van der Waals surface area contributed by atoms with Crippen LogP contribution in [0.4, 0.5) is 13.2 Å². The molecule has 2 heterocycles. The number of carbonyl (C=O) groups is 1. The Bertz CT molecular complexity index is 1510. The minimum atomic E-state index is -4.70. The van der Waals surface area contributed by atoms with E-state index in [2.05, 4.69) is 15.4 Å². The molecule has 0 aromatic heterocycles. The molecule has 12 heteroatoms. The first-order chi connectivity index (χ1) is 20.6. The van der Waals surface area contributed by atoms with Gasteiger partial charge in [-0.1, -0.05) is 48.5 Å². The Morgan fingerprint density at radius 3 is 2.53 bits per heavy atom. The zero-order chi connectivity index (χ0) is 30.5. The van der Waals surface area contributed by atoms with Crippen LogP contribution in [-0.2, 0) is 32.3 Å². The van der Waals surface area contributed by atoms with Crippen LogP contribution in [0.25, 0.3) is 0 Å². The van der Waals surface area contributed by atoms with Gasteiger partial charge in [-0.25, -0.2) is 13.1 Å². The number of rotatable bonds is 11. The molecule has 1 saturated heterocycles. The Morgan fingerprint density at radius 1 is 0.977 bits per heavy atom. The van der Waals surface area contributed by atoms with E-state index >= 15 is 0 Å². The average Bonchev–Trinajstić information content (AvgIpc) is 3.50. The van der Waals surface area contributed by atoms with Gasteiger partial charge in [0.2, 0.25) is 15.9 Å². The molecular formula is C31H34F3N3O5S. The van der Waals surface area contributed by atoms with Crippen molar-refractivity contribution in [1.29, 1.82) is 0 Å². The minimum absolute atomic E-state index is 0.239. The Hall–Kier alpha value is -3.45. The molecule has 5 rings (SSSR count). The van der Waals surface area contributed by atoms with Crippen LogP contribution in [0.15, 0.2) is 77.7 Å². The summed E-state index contributed by atoms with van der Waals surface area (Å²) in [5, 5.41) is 6.40. The first-order valence-corrected chi connectivity index (χ1v) is 15.7. The van der Waals surface area contributed by atoms with Gasteiger partial charge in [0, 0.05) is 38.1 Å². The van der Waals surface area contributed by atoms with Crippen molar-refractivity contribution in [2.24, 2.45) is 0 Å². The third kappa shape index (κ3) is 8.14. The second-order valence-electron chi connectivity index (χ2n) is 10.7. The lowest BCUT2D eigenvalue weighted by atomic mass is 9.98. The smallest absolute Gasteiger partial charge is 0.416 e. The highest BCUT2D eigenvalue weighted by atomic mass is 32.2. The SMILES string of the molecule is O=C(C[C@@H](NS(=O)(=O)c1cccc(C(F)(F)F)c1)c1ccccc1)N[C@@H]1CCOc2cc(CNCC3CCCO3)ccc21. The van der Waals surface area contributed by atoms with Gasteiger partial charge in [-0.15, -0.1) is 0 Å². The second kappa shape index (κ2) is 13.5. The number of amides is 1. The van der Waals surface area contributed by atoms with E-state index in [9.17, 15) is 26.4 Å². The van der Waals surface area contributed by atoms with Crippen molar-refractivity contribution in [3.05, 3.63) is 95.1 Å². The fraction of sp³-hybridized carbons (Fsp3) is 0.387. The van der Waals surface area contributed by atoms with Gasteiger partial charge in [0.1, 0.15) is 5.75 Å². The molecule has 2 aliphatic rings. The van der Waals surface area contributed by atoms with Crippen molar-refractivity contribution in [1.82, 2.24) is 15.4 Å². The normalized spacial score (nSPS) is 19.3. The molecule has 230 valence electrons. The van der Waals surface area contributed by atoms with E-state index in [0.717, 1.165) is 55.3 Å². The maximum atomic E-state index is 13.3. The second-order valence-corrected chi connectivity index (χ2v) is 12.4.